The van der Waals surface area contributed by atoms with E-state index in [2.05, 4.69) is 15.0 Å². The summed E-state index contributed by atoms with van der Waals surface area (Å²) in [4.78, 5) is 61.4. The zero-order chi connectivity index (χ0) is 32.3. The van der Waals surface area contributed by atoms with Crippen LogP contribution in [-0.2, 0) is 29.8 Å². The number of hydrogen-bond donors (Lipinski definition) is 3. The fourth-order valence-electron chi connectivity index (χ4n) is 6.59. The molecule has 6 rings (SSSR count). The van der Waals surface area contributed by atoms with Crippen molar-refractivity contribution in [2.75, 3.05) is 26.0 Å². The number of benzene rings is 2. The number of likely N-dealkylation sites (tertiary alicyclic amines) is 1. The zero-order valence-corrected chi connectivity index (χ0v) is 26.4. The maximum absolute atomic E-state index is 14.6. The zero-order valence-electron chi connectivity index (χ0n) is 25.6. The Morgan fingerprint density at radius 1 is 1.13 bits per heavy atom. The predicted molar refractivity (Wildman–Crippen MR) is 167 cm³/mol. The van der Waals surface area contributed by atoms with Crippen molar-refractivity contribution < 1.29 is 32.3 Å². The molecule has 2 fully saturated rings. The lowest BCUT2D eigenvalue weighted by Crippen LogP contribution is -2.55. The second-order valence-electron chi connectivity index (χ2n) is 12.6. The number of sulfonamides is 1. The molecular formula is C32H37N5O7S. The first kappa shape index (κ1) is 30.6. The lowest BCUT2D eigenvalue weighted by Gasteiger charge is -2.34. The van der Waals surface area contributed by atoms with E-state index in [1.165, 1.54) is 16.8 Å². The summed E-state index contributed by atoms with van der Waals surface area (Å²) >= 11 is 0. The predicted octanol–water partition coefficient (Wildman–Crippen LogP) is 2.76. The van der Waals surface area contributed by atoms with Crippen molar-refractivity contribution in [2.24, 2.45) is 5.92 Å². The maximum Gasteiger partial charge on any atom is 0.270 e. The summed E-state index contributed by atoms with van der Waals surface area (Å²) in [5.74, 6) is -1.63. The number of aromatic nitrogens is 1. The minimum absolute atomic E-state index is 0.0217. The number of aromatic amines is 1. The molecule has 13 heteroatoms. The molecule has 12 nitrogen and oxygen atoms in total. The van der Waals surface area contributed by atoms with Crippen LogP contribution in [0.2, 0.25) is 0 Å². The second-order valence-corrected chi connectivity index (χ2v) is 14.6. The summed E-state index contributed by atoms with van der Waals surface area (Å²) in [6, 6.07) is 11.9. The van der Waals surface area contributed by atoms with Gasteiger partial charge in [-0.25, -0.2) is 8.42 Å². The van der Waals surface area contributed by atoms with Crippen LogP contribution in [0.3, 0.4) is 0 Å². The van der Waals surface area contributed by atoms with E-state index in [1.807, 2.05) is 19.9 Å². The van der Waals surface area contributed by atoms with Gasteiger partial charge in [-0.05, 0) is 61.4 Å². The molecule has 0 bridgehead atoms. The normalized spacial score (nSPS) is 21.6. The van der Waals surface area contributed by atoms with Crippen LogP contribution in [0.5, 0.6) is 5.75 Å². The van der Waals surface area contributed by atoms with Crippen molar-refractivity contribution in [3.63, 3.8) is 0 Å². The van der Waals surface area contributed by atoms with Gasteiger partial charge in [-0.2, -0.15) is 0 Å². The number of hydrogen-bond acceptors (Lipinski definition) is 7. The standard InChI is InChI=1S/C32H37N5O7S/c1-18(2)14-25(36(3)29(39)24-15-20-22(33-24)10-7-11-27(20)44-4)30(40)37-17-32(21-8-5-6-9-23(21)34-31(32)41)16-26(37)28(38)35-45(42,43)19-12-13-19/h5-11,15,18-19,25-26,33H,12-14,16-17H2,1-4H3,(H,34,41)(H,35,38)/t25-,26?,32-/m0/s1. The Labute approximate surface area is 261 Å². The number of H-pyrrole nitrogens is 1. The van der Waals surface area contributed by atoms with Crippen molar-refractivity contribution >= 4 is 50.2 Å². The SMILES string of the molecule is COc1cccc2[nH]c(C(=O)N(C)[C@@H](CC(C)C)C(=O)N3C[C@]4(CC3C(=O)NS(=O)(=O)C3CC3)C(=O)Nc3ccccc34)cc12. The minimum Gasteiger partial charge on any atom is -0.496 e. The van der Waals surface area contributed by atoms with E-state index in [4.69, 9.17) is 4.74 Å². The largest absolute Gasteiger partial charge is 0.496 e. The van der Waals surface area contributed by atoms with E-state index in [-0.39, 0.29) is 36.9 Å². The molecule has 2 aliphatic heterocycles. The fraction of sp³-hybridized carbons (Fsp3) is 0.438. The van der Waals surface area contributed by atoms with Crippen molar-refractivity contribution in [2.45, 2.75) is 62.3 Å². The number of rotatable bonds is 9. The van der Waals surface area contributed by atoms with Gasteiger partial charge < -0.3 is 24.8 Å². The van der Waals surface area contributed by atoms with Crippen molar-refractivity contribution in [3.8, 4) is 5.75 Å². The molecule has 3 atom stereocenters. The van der Waals surface area contributed by atoms with E-state index >= 15 is 0 Å². The number of fused-ring (bicyclic) bond motifs is 3. The van der Waals surface area contributed by atoms with E-state index in [1.54, 1.807) is 49.6 Å². The molecule has 1 saturated carbocycles. The van der Waals surface area contributed by atoms with Crippen LogP contribution in [0.25, 0.3) is 10.9 Å². The highest BCUT2D eigenvalue weighted by Gasteiger charge is 2.58. The molecule has 3 N–H and O–H groups in total. The summed E-state index contributed by atoms with van der Waals surface area (Å²) in [7, 11) is -0.846. The van der Waals surface area contributed by atoms with Crippen LogP contribution < -0.4 is 14.8 Å². The summed E-state index contributed by atoms with van der Waals surface area (Å²) in [5, 5.41) is 2.93. The van der Waals surface area contributed by atoms with Gasteiger partial charge in [-0.1, -0.05) is 38.1 Å². The van der Waals surface area contributed by atoms with Gasteiger partial charge >= 0.3 is 0 Å². The molecule has 45 heavy (non-hydrogen) atoms. The van der Waals surface area contributed by atoms with Gasteiger partial charge in [0.1, 0.15) is 23.5 Å². The van der Waals surface area contributed by atoms with Crippen LogP contribution in [0, 0.1) is 5.92 Å². The quantitative estimate of drug-likeness (QED) is 0.326. The molecular weight excluding hydrogens is 598 g/mol. The molecule has 2 aromatic carbocycles. The number of methoxy groups -OCH3 is 1. The third kappa shape index (κ3) is 5.32. The monoisotopic (exact) mass is 635 g/mol. The number of para-hydroxylation sites is 1. The van der Waals surface area contributed by atoms with E-state index in [9.17, 15) is 27.6 Å². The first-order valence-corrected chi connectivity index (χ1v) is 16.6. The number of carbonyl (C=O) groups excluding carboxylic acids is 4. The Hall–Kier alpha value is -4.39. The summed E-state index contributed by atoms with van der Waals surface area (Å²) < 4.78 is 33.2. The van der Waals surface area contributed by atoms with Crippen LogP contribution in [-0.4, -0.2) is 84.9 Å². The molecule has 3 aliphatic rings. The topological polar surface area (TPSA) is 158 Å². The van der Waals surface area contributed by atoms with Gasteiger partial charge in [0.15, 0.2) is 0 Å². The number of nitrogens with one attached hydrogen (secondary N) is 3. The van der Waals surface area contributed by atoms with Crippen molar-refractivity contribution in [3.05, 3.63) is 59.8 Å². The average molecular weight is 636 g/mol. The number of anilines is 1. The fourth-order valence-corrected chi connectivity index (χ4v) is 7.93. The smallest absolute Gasteiger partial charge is 0.270 e. The van der Waals surface area contributed by atoms with Gasteiger partial charge in [-0.3, -0.25) is 23.9 Å². The maximum atomic E-state index is 14.6. The van der Waals surface area contributed by atoms with Crippen LogP contribution in [0.4, 0.5) is 5.69 Å². The van der Waals surface area contributed by atoms with Gasteiger partial charge in [0.05, 0.1) is 17.8 Å². The minimum atomic E-state index is -3.92. The molecule has 1 aliphatic carbocycles. The highest BCUT2D eigenvalue weighted by atomic mass is 32.2. The summed E-state index contributed by atoms with van der Waals surface area (Å²) in [5.41, 5.74) is 0.923. The summed E-state index contributed by atoms with van der Waals surface area (Å²) in [6.45, 7) is 3.70. The van der Waals surface area contributed by atoms with E-state index < -0.39 is 50.5 Å². The molecule has 4 amide bonds. The Bertz CT molecular complexity index is 1810. The number of amides is 4. The first-order valence-electron chi connectivity index (χ1n) is 15.1. The Balaban J connectivity index is 1.36. The molecule has 1 saturated heterocycles. The highest BCUT2D eigenvalue weighted by Crippen LogP contribution is 2.47. The van der Waals surface area contributed by atoms with Crippen LogP contribution in [0.15, 0.2) is 48.5 Å². The van der Waals surface area contributed by atoms with Gasteiger partial charge in [-0.15, -0.1) is 0 Å². The summed E-state index contributed by atoms with van der Waals surface area (Å²) in [6.07, 6.45) is 1.09. The number of likely N-dealkylation sites (N-methyl/N-ethyl adjacent to an activating group) is 1. The van der Waals surface area contributed by atoms with Crippen LogP contribution >= 0.6 is 0 Å². The van der Waals surface area contributed by atoms with Crippen LogP contribution in [0.1, 0.15) is 55.6 Å². The lowest BCUT2D eigenvalue weighted by molar-refractivity contribution is -0.141. The molecule has 238 valence electrons. The number of carbonyl (C=O) groups is 4. The molecule has 3 heterocycles. The van der Waals surface area contributed by atoms with Crippen molar-refractivity contribution in [1.29, 1.82) is 0 Å². The molecule has 1 spiro atoms. The molecule has 1 aromatic heterocycles. The van der Waals surface area contributed by atoms with E-state index in [0.717, 1.165) is 0 Å². The second kappa shape index (κ2) is 11.2. The number of nitrogens with zero attached hydrogens (tertiary/aromatic N) is 2. The van der Waals surface area contributed by atoms with Crippen molar-refractivity contribution in [1.82, 2.24) is 19.5 Å². The third-order valence-electron chi connectivity index (χ3n) is 9.12. The Kier molecular flexibility index (Phi) is 7.62. The van der Waals surface area contributed by atoms with Gasteiger partial charge in [0.25, 0.3) is 11.8 Å². The molecule has 3 aromatic rings. The average Bonchev–Trinajstić information content (AvgIpc) is 3.58. The lowest BCUT2D eigenvalue weighted by atomic mass is 9.79. The van der Waals surface area contributed by atoms with E-state index in [0.29, 0.717) is 40.7 Å². The van der Waals surface area contributed by atoms with Gasteiger partial charge in [0, 0.05) is 30.2 Å². The Morgan fingerprint density at radius 2 is 1.87 bits per heavy atom. The highest BCUT2D eigenvalue weighted by molar-refractivity contribution is 7.90. The molecule has 1 unspecified atom stereocenters. The Morgan fingerprint density at radius 3 is 2.56 bits per heavy atom. The third-order valence-corrected chi connectivity index (χ3v) is 11.0. The first-order chi connectivity index (χ1) is 21.4. The van der Waals surface area contributed by atoms with Gasteiger partial charge in [0.2, 0.25) is 21.8 Å². The number of ether oxygens (including phenoxy) is 1. The molecule has 0 radical (unpaired) electrons.